The maximum Gasteiger partial charge on any atom is 0.219 e. The van der Waals surface area contributed by atoms with E-state index in [2.05, 4.69) is 58.5 Å². The van der Waals surface area contributed by atoms with Gasteiger partial charge in [-0.05, 0) is 24.0 Å². The summed E-state index contributed by atoms with van der Waals surface area (Å²) >= 11 is 8.92. The maximum atomic E-state index is 11.7. The Hall–Kier alpha value is -4.16. The van der Waals surface area contributed by atoms with Gasteiger partial charge in [0.15, 0.2) is 0 Å². The number of hydrogen-bond acceptors (Lipinski definition) is 9. The summed E-state index contributed by atoms with van der Waals surface area (Å²) in [6.45, 7) is 12.1. The van der Waals surface area contributed by atoms with Crippen molar-refractivity contribution in [2.24, 2.45) is 10.8 Å². The van der Waals surface area contributed by atoms with E-state index in [4.69, 9.17) is 31.0 Å². The summed E-state index contributed by atoms with van der Waals surface area (Å²) in [5, 5.41) is 0.623. The molecule has 6 heterocycles. The molecule has 4 fully saturated rings. The molecule has 53 heavy (non-hydrogen) atoms. The van der Waals surface area contributed by atoms with E-state index in [0.717, 1.165) is 115 Å². The van der Waals surface area contributed by atoms with Gasteiger partial charge in [0, 0.05) is 123 Å². The molecule has 0 aliphatic carbocycles. The van der Waals surface area contributed by atoms with E-state index in [0.29, 0.717) is 16.8 Å². The number of ether oxygens (including phenoxy) is 2. The molecule has 0 bridgehead atoms. The third kappa shape index (κ3) is 6.55. The van der Waals surface area contributed by atoms with Crippen LogP contribution in [-0.2, 0) is 22.7 Å². The molecule has 0 unspecified atom stereocenters. The van der Waals surface area contributed by atoms with E-state index in [1.165, 1.54) is 0 Å². The monoisotopic (exact) mass is 752 g/mol. The highest BCUT2D eigenvalue weighted by molar-refractivity contribution is 7.98. The number of pyridine rings is 2. The van der Waals surface area contributed by atoms with Gasteiger partial charge in [-0.1, -0.05) is 60.1 Å². The lowest BCUT2D eigenvalue weighted by Crippen LogP contribution is -2.72. The second-order valence-electron chi connectivity index (χ2n) is 15.3. The number of carbonyl (C=O) groups excluding carboxylic acids is 2. The summed E-state index contributed by atoms with van der Waals surface area (Å²) in [5.41, 5.74) is 7.94. The zero-order chi connectivity index (χ0) is 37.1. The average Bonchev–Trinajstić information content (AvgIpc) is 3.08. The molecule has 2 amide bonds. The van der Waals surface area contributed by atoms with Crippen molar-refractivity contribution in [3.05, 3.63) is 76.8 Å². The van der Waals surface area contributed by atoms with E-state index >= 15 is 0 Å². The molecule has 276 valence electrons. The SMILES string of the molecule is COc1nc(-c2cccc(-c3cccc(-c4ccc(CN5CC6(C5)CN(C(C)=O)C6)c(OC)n4)c3SC)c2Cl)ccc1CN1CC2(C1)CN(C(C)=O)C2. The number of carbonyl (C=O) groups is 2. The summed E-state index contributed by atoms with van der Waals surface area (Å²) in [6, 6.07) is 20.6. The molecule has 0 saturated carbocycles. The first kappa shape index (κ1) is 35.8. The number of aromatic nitrogens is 2. The van der Waals surface area contributed by atoms with Crippen LogP contribution in [0.15, 0.2) is 65.6 Å². The molecule has 8 rings (SSSR count). The van der Waals surface area contributed by atoms with Gasteiger partial charge >= 0.3 is 0 Å². The second kappa shape index (κ2) is 13.9. The van der Waals surface area contributed by atoms with Gasteiger partial charge in [-0.15, -0.1) is 11.8 Å². The molecule has 2 aromatic carbocycles. The second-order valence-corrected chi connectivity index (χ2v) is 16.5. The van der Waals surface area contributed by atoms with E-state index in [1.54, 1.807) is 39.8 Å². The Kier molecular flexibility index (Phi) is 9.41. The number of rotatable bonds is 10. The lowest BCUT2D eigenvalue weighted by Gasteiger charge is -2.60. The number of amides is 2. The van der Waals surface area contributed by atoms with Gasteiger partial charge in [0.1, 0.15) is 0 Å². The van der Waals surface area contributed by atoms with Crippen LogP contribution in [0.5, 0.6) is 11.8 Å². The highest BCUT2D eigenvalue weighted by atomic mass is 35.5. The molecule has 0 N–H and O–H groups in total. The van der Waals surface area contributed by atoms with E-state index < -0.39 is 0 Å². The van der Waals surface area contributed by atoms with Crippen LogP contribution in [0.2, 0.25) is 5.02 Å². The van der Waals surface area contributed by atoms with Crippen molar-refractivity contribution >= 4 is 35.2 Å². The Labute approximate surface area is 320 Å². The molecular weight excluding hydrogens is 708 g/mol. The van der Waals surface area contributed by atoms with Crippen molar-refractivity contribution in [2.45, 2.75) is 31.8 Å². The summed E-state index contributed by atoms with van der Waals surface area (Å²) in [7, 11) is 3.34. The molecule has 4 saturated heterocycles. The number of benzene rings is 2. The predicted octanol–water partition coefficient (Wildman–Crippen LogP) is 6.20. The number of likely N-dealkylation sites (tertiary alicyclic amines) is 4. The third-order valence-corrected chi connectivity index (χ3v) is 12.6. The van der Waals surface area contributed by atoms with Crippen LogP contribution >= 0.6 is 23.4 Å². The number of hydrogen-bond donors (Lipinski definition) is 0. The number of thioether (sulfide) groups is 1. The summed E-state index contributed by atoms with van der Waals surface area (Å²) in [4.78, 5) is 43.0. The number of methoxy groups -OCH3 is 2. The van der Waals surface area contributed by atoms with E-state index in [1.807, 2.05) is 28.0 Å². The zero-order valence-electron chi connectivity index (χ0n) is 30.9. The van der Waals surface area contributed by atoms with Crippen LogP contribution in [0.1, 0.15) is 25.0 Å². The largest absolute Gasteiger partial charge is 0.481 e. The van der Waals surface area contributed by atoms with Crippen LogP contribution in [0.25, 0.3) is 33.6 Å². The van der Waals surface area contributed by atoms with Crippen molar-refractivity contribution < 1.29 is 19.1 Å². The topological polar surface area (TPSA) is 91.3 Å². The Morgan fingerprint density at radius 1 is 0.660 bits per heavy atom. The molecule has 2 spiro atoms. The lowest BCUT2D eigenvalue weighted by molar-refractivity contribution is -0.158. The van der Waals surface area contributed by atoms with E-state index in [9.17, 15) is 9.59 Å². The van der Waals surface area contributed by atoms with Gasteiger partial charge in [-0.25, -0.2) is 9.97 Å². The first-order chi connectivity index (χ1) is 25.5. The fourth-order valence-electron chi connectivity index (χ4n) is 8.82. The molecule has 4 aromatic rings. The van der Waals surface area contributed by atoms with Gasteiger partial charge in [0.25, 0.3) is 0 Å². The summed E-state index contributed by atoms with van der Waals surface area (Å²) in [6.07, 6.45) is 2.08. The zero-order valence-corrected chi connectivity index (χ0v) is 32.5. The molecule has 4 aliphatic heterocycles. The van der Waals surface area contributed by atoms with Crippen molar-refractivity contribution in [1.29, 1.82) is 0 Å². The highest BCUT2D eigenvalue weighted by Gasteiger charge is 2.53. The van der Waals surface area contributed by atoms with Crippen molar-refractivity contribution in [1.82, 2.24) is 29.6 Å². The fourth-order valence-corrected chi connectivity index (χ4v) is 9.94. The Bertz CT molecular complexity index is 2080. The molecule has 0 atom stereocenters. The van der Waals surface area contributed by atoms with Gasteiger partial charge in [-0.2, -0.15) is 0 Å². The molecule has 12 heteroatoms. The minimum absolute atomic E-state index is 0.157. The molecule has 2 aromatic heterocycles. The Balaban J connectivity index is 1.000. The quantitative estimate of drug-likeness (QED) is 0.176. The molecule has 10 nitrogen and oxygen atoms in total. The lowest BCUT2D eigenvalue weighted by atomic mass is 9.72. The number of nitrogens with zero attached hydrogens (tertiary/aromatic N) is 6. The fraction of sp³-hybridized carbons (Fsp3) is 0.415. The predicted molar refractivity (Wildman–Crippen MR) is 208 cm³/mol. The van der Waals surface area contributed by atoms with Crippen molar-refractivity contribution in [2.75, 3.05) is 72.8 Å². The smallest absolute Gasteiger partial charge is 0.219 e. The van der Waals surface area contributed by atoms with Gasteiger partial charge < -0.3 is 19.3 Å². The number of halogens is 1. The first-order valence-electron chi connectivity index (χ1n) is 18.0. The minimum Gasteiger partial charge on any atom is -0.481 e. The minimum atomic E-state index is 0.157. The standard InChI is InChI=1S/C41H45ClN6O4S/c1-26(49)47-22-40(23-47)18-45(19-40)16-28-12-14-34(43-38(28)51-3)32-10-6-8-30(36(32)42)31-9-7-11-33(37(31)53-5)35-15-13-29(39(44-35)52-4)17-46-20-41(21-46)24-48(25-41)27(2)50/h6-15H,16-25H2,1-5H3. The first-order valence-corrected chi connectivity index (χ1v) is 19.6. The van der Waals surface area contributed by atoms with Gasteiger partial charge in [-0.3, -0.25) is 19.4 Å². The molecule has 4 aliphatic rings. The summed E-state index contributed by atoms with van der Waals surface area (Å²) < 4.78 is 11.6. The van der Waals surface area contributed by atoms with Crippen LogP contribution in [-0.4, -0.2) is 114 Å². The molecular formula is C41H45ClN6O4S. The Morgan fingerprint density at radius 2 is 1.09 bits per heavy atom. The maximum absolute atomic E-state index is 11.7. The molecule has 0 radical (unpaired) electrons. The van der Waals surface area contributed by atoms with Gasteiger partial charge in [0.2, 0.25) is 23.6 Å². The van der Waals surface area contributed by atoms with Crippen LogP contribution < -0.4 is 9.47 Å². The van der Waals surface area contributed by atoms with Crippen molar-refractivity contribution in [3.63, 3.8) is 0 Å². The van der Waals surface area contributed by atoms with E-state index in [-0.39, 0.29) is 22.6 Å². The summed E-state index contributed by atoms with van der Waals surface area (Å²) in [5.74, 6) is 1.53. The van der Waals surface area contributed by atoms with Crippen LogP contribution in [0, 0.1) is 10.8 Å². The third-order valence-electron chi connectivity index (χ3n) is 11.3. The van der Waals surface area contributed by atoms with Gasteiger partial charge in [0.05, 0.1) is 30.6 Å². The normalized spacial score (nSPS) is 18.6. The highest BCUT2D eigenvalue weighted by Crippen LogP contribution is 2.45. The van der Waals surface area contributed by atoms with Crippen LogP contribution in [0.3, 0.4) is 0 Å². The Morgan fingerprint density at radius 3 is 1.55 bits per heavy atom. The van der Waals surface area contributed by atoms with Crippen molar-refractivity contribution in [3.8, 4) is 45.4 Å². The average molecular weight is 753 g/mol. The van der Waals surface area contributed by atoms with Crippen LogP contribution in [0.4, 0.5) is 0 Å².